The van der Waals surface area contributed by atoms with Gasteiger partial charge in [-0.1, -0.05) is 53.6 Å². The minimum atomic E-state index is -0.703. The van der Waals surface area contributed by atoms with E-state index in [0.717, 1.165) is 21.9 Å². The van der Waals surface area contributed by atoms with Gasteiger partial charge in [0.2, 0.25) is 5.91 Å². The van der Waals surface area contributed by atoms with Crippen molar-refractivity contribution in [3.8, 4) is 5.75 Å². The fraction of sp³-hybridized carbons (Fsp3) is 0.222. The number of anilines is 1. The Morgan fingerprint density at radius 1 is 1.03 bits per heavy atom. The number of halogens is 1. The van der Waals surface area contributed by atoms with Crippen molar-refractivity contribution in [2.45, 2.75) is 30.6 Å². The van der Waals surface area contributed by atoms with Crippen LogP contribution in [0, 0.1) is 5.92 Å². The third-order valence-corrected chi connectivity index (χ3v) is 7.52. The van der Waals surface area contributed by atoms with Crippen LogP contribution < -0.4 is 9.64 Å². The molecule has 0 bridgehead atoms. The van der Waals surface area contributed by atoms with Gasteiger partial charge < -0.3 is 14.4 Å². The van der Waals surface area contributed by atoms with Crippen molar-refractivity contribution in [2.75, 3.05) is 12.0 Å². The first-order chi connectivity index (χ1) is 16.1. The van der Waals surface area contributed by atoms with Crippen LogP contribution in [0.3, 0.4) is 0 Å². The number of methoxy groups -OCH3 is 1. The van der Waals surface area contributed by atoms with E-state index in [2.05, 4.69) is 5.02 Å². The largest absolute Gasteiger partial charge is 0.497 e. The normalized spacial score (nSPS) is 19.2. The number of carbonyl (C=O) groups is 1. The van der Waals surface area contributed by atoms with Gasteiger partial charge in [-0.15, -0.1) is 0 Å². The number of amides is 1. The molecule has 6 heteroatoms. The molecule has 1 amide bonds. The van der Waals surface area contributed by atoms with Gasteiger partial charge in [-0.25, -0.2) is 0 Å². The van der Waals surface area contributed by atoms with E-state index in [1.807, 2.05) is 97.9 Å². The minimum Gasteiger partial charge on any atom is -0.497 e. The van der Waals surface area contributed by atoms with E-state index >= 15 is 0 Å². The fourth-order valence-electron chi connectivity index (χ4n) is 3.87. The van der Waals surface area contributed by atoms with Crippen molar-refractivity contribution in [2.24, 2.45) is 5.92 Å². The molecule has 0 aromatic heterocycles. The van der Waals surface area contributed by atoms with Crippen molar-refractivity contribution in [3.05, 3.63) is 96.6 Å². The zero-order valence-electron chi connectivity index (χ0n) is 18.6. The van der Waals surface area contributed by atoms with Crippen molar-refractivity contribution < 1.29 is 14.3 Å². The third kappa shape index (κ3) is 5.40. The van der Waals surface area contributed by atoms with Gasteiger partial charge in [0.25, 0.3) is 0 Å². The van der Waals surface area contributed by atoms with Crippen LogP contribution in [0.5, 0.6) is 5.75 Å². The highest BCUT2D eigenvalue weighted by molar-refractivity contribution is 8.34. The number of rotatable bonds is 8. The molecule has 0 N–H and O–H groups in total. The first kappa shape index (κ1) is 23.3. The lowest BCUT2D eigenvalue weighted by Crippen LogP contribution is -2.64. The van der Waals surface area contributed by atoms with Gasteiger partial charge in [-0.2, -0.15) is 0 Å². The highest BCUT2D eigenvalue weighted by Gasteiger charge is 2.50. The molecule has 170 valence electrons. The van der Waals surface area contributed by atoms with Crippen LogP contribution in [0.4, 0.5) is 5.69 Å². The molecule has 4 atom stereocenters. The molecule has 1 unspecified atom stereocenters. The summed E-state index contributed by atoms with van der Waals surface area (Å²) in [7, 11) is 7.52. The van der Waals surface area contributed by atoms with E-state index in [9.17, 15) is 4.79 Å². The summed E-state index contributed by atoms with van der Waals surface area (Å²) in [5.74, 6) is 0.457. The van der Waals surface area contributed by atoms with Crippen molar-refractivity contribution >= 4 is 37.0 Å². The maximum Gasteiger partial charge on any atom is 0.235 e. The third-order valence-electron chi connectivity index (χ3n) is 5.69. The Balaban J connectivity index is 1.59. The summed E-state index contributed by atoms with van der Waals surface area (Å²) >= 11 is 0. The first-order valence-electron chi connectivity index (χ1n) is 10.8. The molecule has 4 nitrogen and oxygen atoms in total. The Morgan fingerprint density at radius 2 is 1.67 bits per heavy atom. The Morgan fingerprint density at radius 3 is 2.30 bits per heavy atom. The zero-order chi connectivity index (χ0) is 23.2. The van der Waals surface area contributed by atoms with Gasteiger partial charge in [-0.05, 0) is 75.3 Å². The Bertz CT molecular complexity index is 1150. The summed E-state index contributed by atoms with van der Waals surface area (Å²) < 4.78 is 11.4. The SMILES string of the molecule is COc1ccc(N2C(=O)[C@H]([C@@H](C)OCc3ccccc3)[C@H]2C=C=S(Cl)c2ccccc2)cc1. The molecule has 0 radical (unpaired) electrons. The summed E-state index contributed by atoms with van der Waals surface area (Å²) in [5.41, 5.74) is 1.89. The van der Waals surface area contributed by atoms with Gasteiger partial charge in [0.15, 0.2) is 0 Å². The summed E-state index contributed by atoms with van der Waals surface area (Å²) in [4.78, 5) is 16.0. The van der Waals surface area contributed by atoms with Crippen LogP contribution in [-0.2, 0) is 16.1 Å². The molecule has 1 fully saturated rings. The standard InChI is InChI=1S/C27H26ClNO3S/c1-20(32-19-21-9-5-3-6-10-21)26-25(17-18-33(28)24-11-7-4-8-12-24)29(27(26)30)22-13-15-23(31-2)16-14-22/h3-17,20,25-26H,19H2,1-2H3/t20-,25-,26-,33?/m1/s1. The number of carbonyl (C=O) groups excluding carboxylic acids is 1. The molecule has 1 heterocycles. The number of nitrogens with zero attached hydrogens (tertiary/aromatic N) is 1. The number of hydrogen-bond acceptors (Lipinski definition) is 3. The lowest BCUT2D eigenvalue weighted by atomic mass is 9.82. The van der Waals surface area contributed by atoms with Gasteiger partial charge in [-0.3, -0.25) is 4.79 Å². The summed E-state index contributed by atoms with van der Waals surface area (Å²) in [6.07, 6.45) is 1.66. The molecule has 0 spiro atoms. The van der Waals surface area contributed by atoms with Crippen LogP contribution in [0.15, 0.2) is 95.9 Å². The second-order valence-corrected chi connectivity index (χ2v) is 9.92. The highest BCUT2D eigenvalue weighted by Crippen LogP contribution is 2.38. The van der Waals surface area contributed by atoms with E-state index in [1.54, 1.807) is 12.0 Å². The van der Waals surface area contributed by atoms with Gasteiger partial charge in [0, 0.05) is 10.6 Å². The quantitative estimate of drug-likeness (QED) is 0.290. The molecule has 33 heavy (non-hydrogen) atoms. The maximum absolute atomic E-state index is 13.2. The van der Waals surface area contributed by atoms with Crippen molar-refractivity contribution in [1.29, 1.82) is 0 Å². The predicted molar refractivity (Wildman–Crippen MR) is 136 cm³/mol. The van der Waals surface area contributed by atoms with Gasteiger partial charge in [0.1, 0.15) is 5.75 Å². The highest BCUT2D eigenvalue weighted by atomic mass is 35.7. The molecular weight excluding hydrogens is 454 g/mol. The van der Waals surface area contributed by atoms with E-state index in [1.165, 1.54) is 0 Å². The number of benzene rings is 3. The molecule has 0 saturated carbocycles. The lowest BCUT2D eigenvalue weighted by Gasteiger charge is -2.47. The minimum absolute atomic E-state index is 0.0259. The smallest absolute Gasteiger partial charge is 0.235 e. The average molecular weight is 480 g/mol. The van der Waals surface area contributed by atoms with Crippen LogP contribution in [-0.4, -0.2) is 30.2 Å². The molecule has 1 aliphatic heterocycles. The second kappa shape index (κ2) is 10.9. The number of hydrogen-bond donors (Lipinski definition) is 0. The molecular formula is C27H26ClNO3S. The zero-order valence-corrected chi connectivity index (χ0v) is 20.1. The van der Waals surface area contributed by atoms with Gasteiger partial charge >= 0.3 is 0 Å². The maximum atomic E-state index is 13.2. The topological polar surface area (TPSA) is 38.8 Å². The molecule has 0 aliphatic carbocycles. The monoisotopic (exact) mass is 479 g/mol. The predicted octanol–water partition coefficient (Wildman–Crippen LogP) is 6.07. The van der Waals surface area contributed by atoms with Crippen molar-refractivity contribution in [1.82, 2.24) is 0 Å². The Hall–Kier alpha value is -2.82. The fourth-order valence-corrected chi connectivity index (χ4v) is 5.13. The van der Waals surface area contributed by atoms with E-state index < -0.39 is 9.70 Å². The van der Waals surface area contributed by atoms with Crippen molar-refractivity contribution in [3.63, 3.8) is 0 Å². The summed E-state index contributed by atoms with van der Waals surface area (Å²) in [6.45, 7) is 2.41. The summed E-state index contributed by atoms with van der Waals surface area (Å²) in [5, 5.41) is 3.30. The van der Waals surface area contributed by atoms with Gasteiger partial charge in [0.05, 0.1) is 31.8 Å². The number of β-lactam (4-membered cyclic amide) rings is 1. The van der Waals surface area contributed by atoms with Crippen LogP contribution >= 0.6 is 20.4 Å². The van der Waals surface area contributed by atoms with Crippen LogP contribution in [0.2, 0.25) is 0 Å². The van der Waals surface area contributed by atoms with Crippen LogP contribution in [0.1, 0.15) is 12.5 Å². The lowest BCUT2D eigenvalue weighted by molar-refractivity contribution is -0.136. The van der Waals surface area contributed by atoms with Crippen LogP contribution in [0.25, 0.3) is 0 Å². The van der Waals surface area contributed by atoms with E-state index in [0.29, 0.717) is 6.61 Å². The number of ether oxygens (including phenoxy) is 2. The second-order valence-electron chi connectivity index (χ2n) is 7.78. The Kier molecular flexibility index (Phi) is 7.69. The molecule has 4 rings (SSSR count). The molecule has 3 aromatic carbocycles. The molecule has 3 aromatic rings. The Labute approximate surface area is 201 Å². The summed E-state index contributed by atoms with van der Waals surface area (Å²) in [6, 6.07) is 27.1. The van der Waals surface area contributed by atoms with E-state index in [4.69, 9.17) is 20.2 Å². The average Bonchev–Trinajstić information content (AvgIpc) is 2.86. The molecule has 1 saturated heterocycles. The molecule has 1 aliphatic rings. The van der Waals surface area contributed by atoms with E-state index in [-0.39, 0.29) is 24.0 Å². The first-order valence-corrected chi connectivity index (χ1v) is 12.8.